The number of hydrogen-bond acceptors (Lipinski definition) is 11. The zero-order chi connectivity index (χ0) is 41.1. The summed E-state index contributed by atoms with van der Waals surface area (Å²) >= 11 is 8.37. The Morgan fingerprint density at radius 1 is 1.14 bits per heavy atom. The van der Waals surface area contributed by atoms with Crippen molar-refractivity contribution in [3.63, 3.8) is 0 Å². The van der Waals surface area contributed by atoms with E-state index in [1.807, 2.05) is 46.1 Å². The van der Waals surface area contributed by atoms with Crippen LogP contribution in [0.1, 0.15) is 60.8 Å². The third kappa shape index (κ3) is 8.77. The maximum absolute atomic E-state index is 14.3. The summed E-state index contributed by atoms with van der Waals surface area (Å²) in [6.45, 7) is 11.3. The maximum Gasteiger partial charge on any atom is 0.408 e. The molecule has 1 saturated carbocycles. The fourth-order valence-electron chi connectivity index (χ4n) is 8.09. The molecule has 2 aromatic heterocycles. The van der Waals surface area contributed by atoms with Crippen molar-refractivity contribution < 1.29 is 37.4 Å². The van der Waals surface area contributed by atoms with Crippen molar-refractivity contribution in [2.45, 2.75) is 103 Å². The Labute approximate surface area is 339 Å². The lowest BCUT2D eigenvalue weighted by molar-refractivity contribution is -0.141. The van der Waals surface area contributed by atoms with Crippen LogP contribution < -0.4 is 25.8 Å². The molecular weight excluding hydrogens is 780 g/mol. The van der Waals surface area contributed by atoms with Gasteiger partial charge in [0.05, 0.1) is 24.3 Å². The minimum atomic E-state index is -2.80. The van der Waals surface area contributed by atoms with E-state index in [1.165, 1.54) is 21.8 Å². The summed E-state index contributed by atoms with van der Waals surface area (Å²) < 4.78 is 46.5. The number of benzene rings is 1. The van der Waals surface area contributed by atoms with Gasteiger partial charge in [0.2, 0.25) is 11.8 Å². The van der Waals surface area contributed by atoms with Crippen LogP contribution in [-0.4, -0.2) is 107 Å². The lowest BCUT2D eigenvalue weighted by atomic mass is 9.85. The highest BCUT2D eigenvalue weighted by Crippen LogP contribution is 2.53. The van der Waals surface area contributed by atoms with Gasteiger partial charge in [-0.2, -0.15) is 0 Å². The summed E-state index contributed by atoms with van der Waals surface area (Å²) in [4.78, 5) is 52.8. The molecule has 1 unspecified atom stereocenters. The second-order valence-corrected chi connectivity index (χ2v) is 18.4. The van der Waals surface area contributed by atoms with Gasteiger partial charge in [-0.05, 0) is 62.8 Å². The van der Waals surface area contributed by atoms with Crippen molar-refractivity contribution in [2.24, 2.45) is 23.0 Å². The average molecular weight is 830 g/mol. The Bertz CT molecular complexity index is 2090. The van der Waals surface area contributed by atoms with Gasteiger partial charge in [0.1, 0.15) is 53.1 Å². The van der Waals surface area contributed by atoms with Crippen molar-refractivity contribution in [2.75, 3.05) is 32.1 Å². The number of fused-ring (bicyclic) bond motifs is 2. The van der Waals surface area contributed by atoms with Crippen LogP contribution in [0.5, 0.6) is 11.5 Å². The van der Waals surface area contributed by atoms with Gasteiger partial charge >= 0.3 is 6.09 Å². The van der Waals surface area contributed by atoms with Crippen molar-refractivity contribution >= 4 is 56.9 Å². The summed E-state index contributed by atoms with van der Waals surface area (Å²) in [6.07, 6.45) is 0.728. The maximum atomic E-state index is 14.3. The number of pyridine rings is 1. The van der Waals surface area contributed by atoms with Gasteiger partial charge in [-0.15, -0.1) is 11.3 Å². The number of hydrogen-bond donors (Lipinski definition) is 3. The fraction of sp³-hybridized carbons (Fsp3) is 0.575. The largest absolute Gasteiger partial charge is 0.490 e. The molecule has 4 heterocycles. The van der Waals surface area contributed by atoms with Crippen molar-refractivity contribution in [1.29, 1.82) is 0 Å². The number of carbonyl (C=O) groups is 3. The Kier molecular flexibility index (Phi) is 11.1. The normalized spacial score (nSPS) is 25.9. The van der Waals surface area contributed by atoms with Crippen LogP contribution in [0, 0.1) is 17.3 Å². The third-order valence-corrected chi connectivity index (χ3v) is 12.3. The van der Waals surface area contributed by atoms with Crippen molar-refractivity contribution in [3.05, 3.63) is 40.3 Å². The molecule has 0 radical (unpaired) electrons. The standard InChI is InChI=1S/C40H50ClF2N7O6S/c1-19(2)45-37-47-28(17-57-37)27-13-31(24-8-9-30(32(41)33(24)46-27)54-16-21-14-40(42,43)18-49(21)7)55-23-12-29(35(44)51)50(15-23)36(52)34(39(4,5)6)48-38(53)56-22-10-25-20(3)26(25)11-22/h8-10,13,17,19-23,26,29,34H,11-12,14-16,18H2,1-7H3,(H2,44,51)(H,45,47)(H,48,53)/t20-,21-,22+,23?,26-,29-,34+/m0/s1. The number of aromatic nitrogens is 2. The van der Waals surface area contributed by atoms with E-state index >= 15 is 0 Å². The molecular formula is C40H50ClF2N7O6S. The average Bonchev–Trinajstić information content (AvgIpc) is 3.69. The lowest BCUT2D eigenvalue weighted by Gasteiger charge is -2.34. The number of rotatable bonds is 12. The molecule has 7 atom stereocenters. The quantitative estimate of drug-likeness (QED) is 0.172. The summed E-state index contributed by atoms with van der Waals surface area (Å²) in [5.41, 5.74) is 7.76. The van der Waals surface area contributed by atoms with E-state index in [-0.39, 0.29) is 55.5 Å². The third-order valence-electron chi connectivity index (χ3n) is 11.2. The molecule has 3 aromatic rings. The minimum Gasteiger partial charge on any atom is -0.490 e. The van der Waals surface area contributed by atoms with Crippen LogP contribution in [0.4, 0.5) is 18.7 Å². The Balaban J connectivity index is 1.15. The number of likely N-dealkylation sites (N-methyl/N-ethyl adjacent to an activating group) is 1. The molecule has 0 bridgehead atoms. The highest BCUT2D eigenvalue weighted by Gasteiger charge is 2.48. The van der Waals surface area contributed by atoms with Gasteiger partial charge in [-0.25, -0.2) is 23.5 Å². The Hall–Kier alpha value is -4.28. The van der Waals surface area contributed by atoms with Crippen molar-refractivity contribution in [3.8, 4) is 22.9 Å². The molecule has 0 spiro atoms. The first-order valence-corrected chi connectivity index (χ1v) is 20.6. The summed E-state index contributed by atoms with van der Waals surface area (Å²) in [6, 6.07) is 2.68. The fourth-order valence-corrected chi connectivity index (χ4v) is 9.20. The van der Waals surface area contributed by atoms with Gasteiger partial charge in [0.25, 0.3) is 5.92 Å². The number of primary amides is 1. The van der Waals surface area contributed by atoms with Crippen LogP contribution in [-0.2, 0) is 14.3 Å². The topological polar surface area (TPSA) is 161 Å². The smallest absolute Gasteiger partial charge is 0.408 e. The van der Waals surface area contributed by atoms with E-state index in [0.717, 1.165) is 6.42 Å². The summed E-state index contributed by atoms with van der Waals surface area (Å²) in [7, 11) is 1.64. The van der Waals surface area contributed by atoms with Gasteiger partial charge in [-0.3, -0.25) is 14.5 Å². The SMILES string of the molecule is CC(C)Nc1nc(-c2cc(OC3C[C@@H](C(N)=O)N(C(=O)[C@@H](NC(=O)O[C@@H]4C=C5[C@@H](C4)[C@H]5C)C(C)(C)C)C3)c3ccc(OC[C@@H]4CC(F)(F)CN4C)c(Cl)c3n2)cs1. The van der Waals surface area contributed by atoms with Crippen molar-refractivity contribution in [1.82, 2.24) is 25.1 Å². The highest BCUT2D eigenvalue weighted by molar-refractivity contribution is 7.14. The minimum absolute atomic E-state index is 0.00241. The van der Waals surface area contributed by atoms with Crippen LogP contribution in [0.3, 0.4) is 0 Å². The number of alkyl halides is 2. The molecule has 2 saturated heterocycles. The number of nitrogens with two attached hydrogens (primary N) is 1. The number of alkyl carbamates (subject to hydrolysis) is 1. The van der Waals surface area contributed by atoms with Crippen LogP contribution in [0.2, 0.25) is 5.02 Å². The zero-order valence-electron chi connectivity index (χ0n) is 33.1. The van der Waals surface area contributed by atoms with E-state index in [9.17, 15) is 23.2 Å². The van der Waals surface area contributed by atoms with Gasteiger partial charge in [0.15, 0.2) is 5.13 Å². The van der Waals surface area contributed by atoms with E-state index in [4.69, 9.17) is 41.5 Å². The lowest BCUT2D eigenvalue weighted by Crippen LogP contribution is -2.57. The summed E-state index contributed by atoms with van der Waals surface area (Å²) in [5, 5.41) is 9.28. The molecule has 13 nitrogen and oxygen atoms in total. The second kappa shape index (κ2) is 15.5. The zero-order valence-corrected chi connectivity index (χ0v) is 34.7. The molecule has 3 fully saturated rings. The molecule has 308 valence electrons. The molecule has 4 N–H and O–H groups in total. The molecule has 2 aliphatic carbocycles. The van der Waals surface area contributed by atoms with E-state index in [2.05, 4.69) is 17.6 Å². The van der Waals surface area contributed by atoms with E-state index in [1.54, 1.807) is 30.1 Å². The van der Waals surface area contributed by atoms with Crippen LogP contribution >= 0.6 is 22.9 Å². The molecule has 1 aromatic carbocycles. The molecule has 2 aliphatic heterocycles. The first kappa shape index (κ1) is 40.9. The number of likely N-dealkylation sites (tertiary alicyclic amines) is 2. The number of ether oxygens (including phenoxy) is 3. The number of carbonyl (C=O) groups excluding carboxylic acids is 3. The molecule has 17 heteroatoms. The first-order chi connectivity index (χ1) is 26.8. The number of anilines is 1. The number of amides is 3. The predicted molar refractivity (Wildman–Crippen MR) is 214 cm³/mol. The molecule has 4 aliphatic rings. The number of thiazole rings is 1. The predicted octanol–water partition coefficient (Wildman–Crippen LogP) is 6.49. The molecule has 7 rings (SSSR count). The number of nitrogens with zero attached hydrogens (tertiary/aromatic N) is 4. The van der Waals surface area contributed by atoms with E-state index in [0.29, 0.717) is 45.0 Å². The Morgan fingerprint density at radius 2 is 1.89 bits per heavy atom. The van der Waals surface area contributed by atoms with Crippen LogP contribution in [0.25, 0.3) is 22.3 Å². The van der Waals surface area contributed by atoms with E-state index < -0.39 is 53.5 Å². The van der Waals surface area contributed by atoms with Gasteiger partial charge in [0, 0.05) is 41.8 Å². The molecule has 3 amide bonds. The molecule has 57 heavy (non-hydrogen) atoms. The second-order valence-electron chi connectivity index (χ2n) is 17.1. The number of allylic oxidation sites excluding steroid dienone is 1. The van der Waals surface area contributed by atoms with Gasteiger partial charge in [-0.1, -0.05) is 44.9 Å². The Morgan fingerprint density at radius 3 is 2.53 bits per heavy atom. The summed E-state index contributed by atoms with van der Waals surface area (Å²) in [5.74, 6) is -2.40. The first-order valence-electron chi connectivity index (χ1n) is 19.3. The number of nitrogens with one attached hydrogen (secondary N) is 2. The van der Waals surface area contributed by atoms with Gasteiger partial charge < -0.3 is 35.5 Å². The number of halogens is 3. The van der Waals surface area contributed by atoms with Crippen LogP contribution in [0.15, 0.2) is 35.2 Å². The monoisotopic (exact) mass is 829 g/mol. The highest BCUT2D eigenvalue weighted by atomic mass is 35.5.